The Morgan fingerprint density at radius 3 is 2.51 bits per heavy atom. The Balaban J connectivity index is 0.00000465. The highest BCUT2D eigenvalue weighted by atomic mass is 35.5. The zero-order valence-corrected chi connectivity index (χ0v) is 32.1. The van der Waals surface area contributed by atoms with Gasteiger partial charge in [0.2, 0.25) is 5.91 Å². The number of aromatic nitrogens is 3. The highest BCUT2D eigenvalue weighted by molar-refractivity contribution is 6.31. The van der Waals surface area contributed by atoms with Gasteiger partial charge in [0, 0.05) is 75.4 Å². The standard InChI is InChI=1S/C40H44ClN9O4.ClH/c41-33-22-31(7-4-27(33)23-42)54-30-8-5-28(6-9-30)43-39(52)34-10-11-37(46-45-34)48-18-12-26(13-19-48)24-47-17-14-29(25-47)49-20-15-32-35(49)2-1-3-36(32)50-21-16-38(51)44-40(50)53;/h1-4,7,10-11,15,20,22,26,28-30H,5-6,8-9,12-14,16-19,21,24-25H2,(H,43,52)(H,44,51,53);1H/t28?,29-,30?;/m0./s1. The lowest BCUT2D eigenvalue weighted by molar-refractivity contribution is -0.120. The zero-order chi connectivity index (χ0) is 37.2. The summed E-state index contributed by atoms with van der Waals surface area (Å²) in [6, 6.07) is 19.1. The zero-order valence-electron chi connectivity index (χ0n) is 30.5. The number of rotatable bonds is 9. The summed E-state index contributed by atoms with van der Waals surface area (Å²) >= 11 is 6.15. The molecule has 1 aliphatic carbocycles. The largest absolute Gasteiger partial charge is 0.490 e. The van der Waals surface area contributed by atoms with Gasteiger partial charge in [-0.15, -0.1) is 22.6 Å². The summed E-state index contributed by atoms with van der Waals surface area (Å²) in [7, 11) is 0. The van der Waals surface area contributed by atoms with Crippen molar-refractivity contribution in [3.63, 3.8) is 0 Å². The number of carbonyl (C=O) groups excluding carboxylic acids is 3. The Morgan fingerprint density at radius 1 is 0.964 bits per heavy atom. The van der Waals surface area contributed by atoms with E-state index in [0.717, 1.165) is 100 Å². The first-order valence-corrected chi connectivity index (χ1v) is 19.4. The number of ether oxygens (including phenoxy) is 1. The monoisotopic (exact) mass is 785 g/mol. The van der Waals surface area contributed by atoms with Crippen molar-refractivity contribution in [3.8, 4) is 11.8 Å². The van der Waals surface area contributed by atoms with Gasteiger partial charge in [0.15, 0.2) is 11.5 Å². The molecule has 4 amide bonds. The molecule has 15 heteroatoms. The number of likely N-dealkylation sites (tertiary alicyclic amines) is 1. The summed E-state index contributed by atoms with van der Waals surface area (Å²) in [5.74, 6) is 1.63. The van der Waals surface area contributed by atoms with Crippen molar-refractivity contribution in [2.45, 2.75) is 69.6 Å². The topological polar surface area (TPSA) is 149 Å². The van der Waals surface area contributed by atoms with Crippen molar-refractivity contribution in [1.82, 2.24) is 30.3 Å². The second-order valence-electron chi connectivity index (χ2n) is 14.9. The fourth-order valence-corrected chi connectivity index (χ4v) is 8.70. The van der Waals surface area contributed by atoms with E-state index in [9.17, 15) is 14.4 Å². The second-order valence-corrected chi connectivity index (χ2v) is 15.3. The van der Waals surface area contributed by atoms with E-state index in [2.05, 4.69) is 59.6 Å². The number of nitrogens with one attached hydrogen (secondary N) is 2. The lowest BCUT2D eigenvalue weighted by Crippen LogP contribution is -2.49. The number of hydrogen-bond acceptors (Lipinski definition) is 9. The lowest BCUT2D eigenvalue weighted by atomic mass is 9.93. The Labute approximate surface area is 331 Å². The first-order chi connectivity index (χ1) is 26.3. The molecule has 1 atom stereocenters. The average Bonchev–Trinajstić information content (AvgIpc) is 3.83. The number of urea groups is 1. The normalized spacial score (nSPS) is 22.2. The number of anilines is 2. The predicted molar refractivity (Wildman–Crippen MR) is 212 cm³/mol. The summed E-state index contributed by atoms with van der Waals surface area (Å²) in [5.41, 5.74) is 2.70. The van der Waals surface area contributed by atoms with Crippen LogP contribution in [-0.4, -0.2) is 88.9 Å². The van der Waals surface area contributed by atoms with Crippen LogP contribution in [0.4, 0.5) is 16.3 Å². The molecule has 2 N–H and O–H groups in total. The molecular formula is C40H45Cl2N9O4. The molecule has 8 rings (SSSR count). The maximum Gasteiger partial charge on any atom is 0.328 e. The Bertz CT molecular complexity index is 2070. The van der Waals surface area contributed by atoms with Crippen molar-refractivity contribution in [2.24, 2.45) is 5.92 Å². The highest BCUT2D eigenvalue weighted by Crippen LogP contribution is 2.34. The minimum atomic E-state index is -0.359. The van der Waals surface area contributed by atoms with Crippen LogP contribution in [0, 0.1) is 17.2 Å². The van der Waals surface area contributed by atoms with Crippen LogP contribution in [0.25, 0.3) is 10.9 Å². The van der Waals surface area contributed by atoms with Crippen molar-refractivity contribution in [1.29, 1.82) is 5.26 Å². The number of nitrogens with zero attached hydrogens (tertiary/aromatic N) is 7. The van der Waals surface area contributed by atoms with Gasteiger partial charge in [-0.3, -0.25) is 19.8 Å². The predicted octanol–water partition coefficient (Wildman–Crippen LogP) is 6.11. The molecule has 4 aliphatic rings. The number of halogens is 2. The maximum atomic E-state index is 13.0. The van der Waals surface area contributed by atoms with Gasteiger partial charge in [0.25, 0.3) is 5.91 Å². The molecule has 3 aliphatic heterocycles. The van der Waals surface area contributed by atoms with E-state index in [1.807, 2.05) is 18.2 Å². The van der Waals surface area contributed by atoms with E-state index in [1.54, 1.807) is 29.2 Å². The summed E-state index contributed by atoms with van der Waals surface area (Å²) in [4.78, 5) is 43.8. The molecule has 0 unspecified atom stereocenters. The Hall–Kier alpha value is -4.90. The van der Waals surface area contributed by atoms with Gasteiger partial charge in [-0.05, 0) is 93.3 Å². The minimum Gasteiger partial charge on any atom is -0.490 e. The first kappa shape index (κ1) is 38.4. The number of amides is 4. The molecule has 1 saturated carbocycles. The Kier molecular flexibility index (Phi) is 11.8. The van der Waals surface area contributed by atoms with Gasteiger partial charge in [-0.25, -0.2) is 4.79 Å². The third-order valence-electron chi connectivity index (χ3n) is 11.4. The van der Waals surface area contributed by atoms with E-state index in [1.165, 1.54) is 0 Å². The van der Waals surface area contributed by atoms with Crippen LogP contribution < -0.4 is 25.2 Å². The van der Waals surface area contributed by atoms with Gasteiger partial charge in [-0.1, -0.05) is 17.7 Å². The maximum absolute atomic E-state index is 13.0. The number of nitriles is 1. The van der Waals surface area contributed by atoms with E-state index in [4.69, 9.17) is 21.6 Å². The summed E-state index contributed by atoms with van der Waals surface area (Å²) in [6.07, 6.45) is 8.91. The number of benzene rings is 2. The fraction of sp³-hybridized carbons (Fsp3) is 0.450. The van der Waals surface area contributed by atoms with Crippen LogP contribution in [-0.2, 0) is 4.79 Å². The molecule has 0 spiro atoms. The molecule has 4 aromatic rings. The number of imide groups is 1. The van der Waals surface area contributed by atoms with Crippen molar-refractivity contribution < 1.29 is 19.1 Å². The molecular weight excluding hydrogens is 741 g/mol. The molecule has 5 heterocycles. The molecule has 288 valence electrons. The van der Waals surface area contributed by atoms with Gasteiger partial charge in [0.05, 0.1) is 27.9 Å². The number of hydrogen-bond donors (Lipinski definition) is 2. The molecule has 55 heavy (non-hydrogen) atoms. The molecule has 2 aromatic heterocycles. The van der Waals surface area contributed by atoms with Gasteiger partial charge in [0.1, 0.15) is 11.8 Å². The Morgan fingerprint density at radius 2 is 1.78 bits per heavy atom. The van der Waals surface area contributed by atoms with Gasteiger partial charge < -0.3 is 24.4 Å². The van der Waals surface area contributed by atoms with Crippen LogP contribution in [0.1, 0.15) is 73.5 Å². The van der Waals surface area contributed by atoms with Crippen LogP contribution in [0.3, 0.4) is 0 Å². The quantitative estimate of drug-likeness (QED) is 0.205. The van der Waals surface area contributed by atoms with E-state index >= 15 is 0 Å². The summed E-state index contributed by atoms with van der Waals surface area (Å²) in [6.45, 7) is 5.31. The van der Waals surface area contributed by atoms with Crippen molar-refractivity contribution in [3.05, 3.63) is 77.1 Å². The summed E-state index contributed by atoms with van der Waals surface area (Å²) < 4.78 is 8.44. The third-order valence-corrected chi connectivity index (χ3v) is 11.7. The number of fused-ring (bicyclic) bond motifs is 1. The first-order valence-electron chi connectivity index (χ1n) is 19.0. The molecule has 4 fully saturated rings. The smallest absolute Gasteiger partial charge is 0.328 e. The summed E-state index contributed by atoms with van der Waals surface area (Å²) in [5, 5.41) is 24.8. The average molecular weight is 787 g/mol. The van der Waals surface area contributed by atoms with Gasteiger partial charge >= 0.3 is 6.03 Å². The molecule has 0 bridgehead atoms. The van der Waals surface area contributed by atoms with Gasteiger partial charge in [-0.2, -0.15) is 5.26 Å². The van der Waals surface area contributed by atoms with Crippen LogP contribution in [0.15, 0.2) is 60.8 Å². The highest BCUT2D eigenvalue weighted by Gasteiger charge is 2.31. The lowest BCUT2D eigenvalue weighted by Gasteiger charge is -2.34. The van der Waals surface area contributed by atoms with Crippen molar-refractivity contribution >= 4 is 64.3 Å². The minimum absolute atomic E-state index is 0. The van der Waals surface area contributed by atoms with Crippen LogP contribution >= 0.6 is 24.0 Å². The fourth-order valence-electron chi connectivity index (χ4n) is 8.49. The molecule has 3 saturated heterocycles. The molecule has 0 radical (unpaired) electrons. The SMILES string of the molecule is Cl.N#Cc1ccc(OC2CCC(NC(=O)c3ccc(N4CCC(CN5CC[C@H](n6ccc7c(N8CCC(=O)NC8=O)cccc76)C5)CC4)nn3)CC2)cc1Cl. The second kappa shape index (κ2) is 16.9. The number of carbonyl (C=O) groups is 3. The number of piperidine rings is 1. The third kappa shape index (κ3) is 8.52. The van der Waals surface area contributed by atoms with Crippen LogP contribution in [0.2, 0.25) is 5.02 Å². The molecule has 13 nitrogen and oxygen atoms in total. The van der Waals surface area contributed by atoms with E-state index < -0.39 is 0 Å². The van der Waals surface area contributed by atoms with Crippen molar-refractivity contribution in [2.75, 3.05) is 49.1 Å². The molecule has 2 aromatic carbocycles. The van der Waals surface area contributed by atoms with E-state index in [-0.39, 0.29) is 42.4 Å². The van der Waals surface area contributed by atoms with Crippen LogP contribution in [0.5, 0.6) is 5.75 Å². The van der Waals surface area contributed by atoms with E-state index in [0.29, 0.717) is 47.0 Å².